The van der Waals surface area contributed by atoms with Gasteiger partial charge in [-0.05, 0) is 50.7 Å². The van der Waals surface area contributed by atoms with Crippen LogP contribution in [-0.2, 0) is 6.42 Å². The summed E-state index contributed by atoms with van der Waals surface area (Å²) in [6.07, 6.45) is 5.28. The van der Waals surface area contributed by atoms with Gasteiger partial charge in [0, 0.05) is 21.8 Å². The normalized spacial score (nSPS) is 27.2. The Labute approximate surface area is 103 Å². The van der Waals surface area contributed by atoms with Crippen LogP contribution in [0.5, 0.6) is 0 Å². The minimum absolute atomic E-state index is 0.528. The van der Waals surface area contributed by atoms with E-state index in [1.807, 2.05) is 11.3 Å². The molecule has 1 aliphatic carbocycles. The summed E-state index contributed by atoms with van der Waals surface area (Å²) in [6.45, 7) is 6.90. The van der Waals surface area contributed by atoms with Crippen molar-refractivity contribution in [2.24, 2.45) is 5.92 Å². The van der Waals surface area contributed by atoms with E-state index in [-0.39, 0.29) is 0 Å². The first-order valence-corrected chi connectivity index (χ1v) is 7.35. The molecule has 1 aliphatic rings. The quantitative estimate of drug-likeness (QED) is 0.829. The molecule has 1 heterocycles. The molecule has 1 N–H and O–H groups in total. The van der Waals surface area contributed by atoms with Gasteiger partial charge in [-0.25, -0.2) is 0 Å². The molecule has 0 bridgehead atoms. The molecule has 3 atom stereocenters. The number of hydrogen-bond acceptors (Lipinski definition) is 2. The van der Waals surface area contributed by atoms with Crippen LogP contribution in [0.25, 0.3) is 0 Å². The lowest BCUT2D eigenvalue weighted by Crippen LogP contribution is -2.28. The van der Waals surface area contributed by atoms with E-state index < -0.39 is 0 Å². The van der Waals surface area contributed by atoms with Gasteiger partial charge < -0.3 is 5.32 Å². The summed E-state index contributed by atoms with van der Waals surface area (Å²) in [4.78, 5) is 3.00. The first-order valence-electron chi connectivity index (χ1n) is 6.53. The first kappa shape index (κ1) is 12.1. The predicted molar refractivity (Wildman–Crippen MR) is 72.1 cm³/mol. The molecule has 0 amide bonds. The maximum absolute atomic E-state index is 3.77. The molecule has 0 spiro atoms. The predicted octanol–water partition coefficient (Wildman–Crippen LogP) is 4.15. The van der Waals surface area contributed by atoms with E-state index in [4.69, 9.17) is 0 Å². The Morgan fingerprint density at radius 1 is 1.44 bits per heavy atom. The maximum atomic E-state index is 3.77. The van der Waals surface area contributed by atoms with Crippen LogP contribution in [0.15, 0.2) is 12.1 Å². The summed E-state index contributed by atoms with van der Waals surface area (Å²) in [6, 6.07) is 5.84. The molecule has 1 aromatic heterocycles. The van der Waals surface area contributed by atoms with Crippen LogP contribution in [-0.4, -0.2) is 6.04 Å². The molecule has 16 heavy (non-hydrogen) atoms. The number of hydrogen-bond donors (Lipinski definition) is 1. The van der Waals surface area contributed by atoms with Crippen molar-refractivity contribution in [3.8, 4) is 0 Å². The van der Waals surface area contributed by atoms with Crippen molar-refractivity contribution in [2.75, 3.05) is 0 Å². The van der Waals surface area contributed by atoms with E-state index >= 15 is 0 Å². The number of rotatable bonds is 4. The Balaban J connectivity index is 1.89. The van der Waals surface area contributed by atoms with Crippen LogP contribution in [0.2, 0.25) is 0 Å². The average Bonchev–Trinajstić information content (AvgIpc) is 2.87. The molecule has 1 saturated carbocycles. The van der Waals surface area contributed by atoms with E-state index in [0.29, 0.717) is 6.04 Å². The largest absolute Gasteiger partial charge is 0.307 e. The van der Waals surface area contributed by atoms with Gasteiger partial charge in [-0.2, -0.15) is 0 Å². The summed E-state index contributed by atoms with van der Waals surface area (Å²) >= 11 is 1.96. The fourth-order valence-electron chi connectivity index (χ4n) is 2.61. The van der Waals surface area contributed by atoms with Crippen molar-refractivity contribution in [1.82, 2.24) is 5.32 Å². The lowest BCUT2D eigenvalue weighted by molar-refractivity contribution is 0.453. The molecule has 1 nitrogen and oxygen atoms in total. The molecule has 90 valence electrons. The average molecular weight is 237 g/mol. The number of aryl methyl sites for hydroxylation is 1. The third-order valence-electron chi connectivity index (χ3n) is 3.64. The second-order valence-corrected chi connectivity index (χ2v) is 6.36. The van der Waals surface area contributed by atoms with Gasteiger partial charge in [0.05, 0.1) is 0 Å². The van der Waals surface area contributed by atoms with Crippen molar-refractivity contribution in [3.05, 3.63) is 21.9 Å². The Morgan fingerprint density at radius 3 is 2.81 bits per heavy atom. The van der Waals surface area contributed by atoms with E-state index in [2.05, 4.69) is 38.2 Å². The SMILES string of the molecule is CCc1ccc(C(C)NC2CCC(C)C2)s1. The Morgan fingerprint density at radius 2 is 2.25 bits per heavy atom. The van der Waals surface area contributed by atoms with Crippen molar-refractivity contribution in [2.45, 2.75) is 58.5 Å². The molecule has 0 aliphatic heterocycles. The molecule has 2 rings (SSSR count). The standard InChI is InChI=1S/C14H23NS/c1-4-13-7-8-14(16-13)11(3)15-12-6-5-10(2)9-12/h7-8,10-12,15H,4-6,9H2,1-3H3. The van der Waals surface area contributed by atoms with Crippen LogP contribution in [0, 0.1) is 5.92 Å². The minimum Gasteiger partial charge on any atom is -0.307 e. The van der Waals surface area contributed by atoms with Gasteiger partial charge >= 0.3 is 0 Å². The van der Waals surface area contributed by atoms with Crippen molar-refractivity contribution in [1.29, 1.82) is 0 Å². The topological polar surface area (TPSA) is 12.0 Å². The third kappa shape index (κ3) is 2.86. The van der Waals surface area contributed by atoms with Crippen LogP contribution in [0.1, 0.15) is 55.8 Å². The Hall–Kier alpha value is -0.340. The van der Waals surface area contributed by atoms with Gasteiger partial charge in [0.1, 0.15) is 0 Å². The van der Waals surface area contributed by atoms with E-state index in [9.17, 15) is 0 Å². The van der Waals surface area contributed by atoms with Gasteiger partial charge in [-0.1, -0.05) is 13.8 Å². The van der Waals surface area contributed by atoms with Crippen LogP contribution < -0.4 is 5.32 Å². The smallest absolute Gasteiger partial charge is 0.0388 e. The maximum Gasteiger partial charge on any atom is 0.0388 e. The summed E-state index contributed by atoms with van der Waals surface area (Å²) in [7, 11) is 0. The van der Waals surface area contributed by atoms with Gasteiger partial charge in [0.2, 0.25) is 0 Å². The third-order valence-corrected chi connectivity index (χ3v) is 5.05. The molecule has 1 fully saturated rings. The molecule has 0 radical (unpaired) electrons. The summed E-state index contributed by atoms with van der Waals surface area (Å²) in [5.74, 6) is 0.916. The zero-order chi connectivity index (χ0) is 11.5. The van der Waals surface area contributed by atoms with Crippen molar-refractivity contribution < 1.29 is 0 Å². The molecule has 0 saturated heterocycles. The van der Waals surface area contributed by atoms with Gasteiger partial charge in [0.15, 0.2) is 0 Å². The fraction of sp³-hybridized carbons (Fsp3) is 0.714. The lowest BCUT2D eigenvalue weighted by Gasteiger charge is -2.18. The second-order valence-electron chi connectivity index (χ2n) is 5.16. The highest BCUT2D eigenvalue weighted by Crippen LogP contribution is 2.29. The zero-order valence-electron chi connectivity index (χ0n) is 10.6. The van der Waals surface area contributed by atoms with Gasteiger partial charge in [-0.15, -0.1) is 11.3 Å². The van der Waals surface area contributed by atoms with Crippen LogP contribution in [0.4, 0.5) is 0 Å². The second kappa shape index (κ2) is 5.33. The minimum atomic E-state index is 0.528. The van der Waals surface area contributed by atoms with Crippen LogP contribution >= 0.6 is 11.3 Å². The Bertz CT molecular complexity index is 331. The zero-order valence-corrected chi connectivity index (χ0v) is 11.4. The van der Waals surface area contributed by atoms with Crippen molar-refractivity contribution >= 4 is 11.3 Å². The number of thiophene rings is 1. The molecule has 3 unspecified atom stereocenters. The van der Waals surface area contributed by atoms with Crippen LogP contribution in [0.3, 0.4) is 0 Å². The molecular weight excluding hydrogens is 214 g/mol. The fourth-order valence-corrected chi connectivity index (χ4v) is 3.58. The molecule has 0 aromatic carbocycles. The molecule has 2 heteroatoms. The number of nitrogens with one attached hydrogen (secondary N) is 1. The summed E-state index contributed by atoms with van der Waals surface area (Å²) < 4.78 is 0. The van der Waals surface area contributed by atoms with Gasteiger partial charge in [-0.3, -0.25) is 0 Å². The lowest BCUT2D eigenvalue weighted by atomic mass is 10.1. The summed E-state index contributed by atoms with van der Waals surface area (Å²) in [5.41, 5.74) is 0. The van der Waals surface area contributed by atoms with Gasteiger partial charge in [0.25, 0.3) is 0 Å². The first-order chi connectivity index (χ1) is 7.69. The van der Waals surface area contributed by atoms with E-state index in [1.165, 1.54) is 29.0 Å². The highest BCUT2D eigenvalue weighted by Gasteiger charge is 2.23. The monoisotopic (exact) mass is 237 g/mol. The molecular formula is C14H23NS. The highest BCUT2D eigenvalue weighted by atomic mass is 32.1. The van der Waals surface area contributed by atoms with E-state index in [1.54, 1.807) is 0 Å². The Kier molecular flexibility index (Phi) is 4.04. The van der Waals surface area contributed by atoms with E-state index in [0.717, 1.165) is 18.4 Å². The molecule has 1 aromatic rings. The van der Waals surface area contributed by atoms with Crippen molar-refractivity contribution in [3.63, 3.8) is 0 Å². The highest BCUT2D eigenvalue weighted by molar-refractivity contribution is 7.12. The summed E-state index contributed by atoms with van der Waals surface area (Å²) in [5, 5.41) is 3.77.